The Kier molecular flexibility index (Phi) is 2.87. The molecule has 2 aliphatic rings. The minimum Gasteiger partial charge on any atom is -0.383 e. The monoisotopic (exact) mass is 313 g/mol. The van der Waals surface area contributed by atoms with E-state index in [2.05, 4.69) is 39.1 Å². The first-order valence-corrected chi connectivity index (χ1v) is 7.68. The molecule has 0 radical (unpaired) electrons. The molecule has 4 rings (SSSR count). The first-order chi connectivity index (χ1) is 10.6. The molecule has 0 saturated carbocycles. The van der Waals surface area contributed by atoms with Gasteiger partial charge in [0.1, 0.15) is 11.6 Å². The van der Waals surface area contributed by atoms with Crippen molar-refractivity contribution in [1.29, 1.82) is 5.41 Å². The molecule has 1 aromatic carbocycles. The van der Waals surface area contributed by atoms with Crippen molar-refractivity contribution >= 4 is 29.5 Å². The molecule has 5 nitrogen and oxygen atoms in total. The van der Waals surface area contributed by atoms with E-state index >= 15 is 0 Å². The Bertz CT molecular complexity index is 767. The lowest BCUT2D eigenvalue weighted by Crippen LogP contribution is -2.59. The van der Waals surface area contributed by atoms with Crippen LogP contribution in [0.4, 0.5) is 11.6 Å². The van der Waals surface area contributed by atoms with Crippen LogP contribution in [0.25, 0.3) is 0 Å². The SMILES string of the molecule is N=Cc1c(N)nc(Cl)nc1N1CC2(CCc3ccccc32)C1. The summed E-state index contributed by atoms with van der Waals surface area (Å²) in [6.07, 6.45) is 3.50. The molecule has 1 aromatic heterocycles. The van der Waals surface area contributed by atoms with Crippen molar-refractivity contribution < 1.29 is 0 Å². The summed E-state index contributed by atoms with van der Waals surface area (Å²) in [7, 11) is 0. The van der Waals surface area contributed by atoms with E-state index in [4.69, 9.17) is 22.7 Å². The molecule has 22 heavy (non-hydrogen) atoms. The summed E-state index contributed by atoms with van der Waals surface area (Å²) in [5, 5.41) is 7.68. The number of hydrogen-bond donors (Lipinski definition) is 2. The van der Waals surface area contributed by atoms with Crippen LogP contribution in [0, 0.1) is 5.41 Å². The maximum atomic E-state index is 7.55. The molecule has 3 N–H and O–H groups in total. The number of aromatic nitrogens is 2. The molecule has 1 spiro atoms. The number of fused-ring (bicyclic) bond motifs is 2. The highest BCUT2D eigenvalue weighted by Gasteiger charge is 2.49. The third kappa shape index (κ3) is 1.82. The van der Waals surface area contributed by atoms with Gasteiger partial charge in [-0.25, -0.2) is 4.98 Å². The van der Waals surface area contributed by atoms with Gasteiger partial charge in [0.05, 0.1) is 5.56 Å². The summed E-state index contributed by atoms with van der Waals surface area (Å²) in [6.45, 7) is 1.77. The standard InChI is InChI=1S/C16H16ClN5/c17-15-20-13(19)11(7-18)14(21-15)22-8-16(9-22)6-5-10-3-1-2-4-12(10)16/h1-4,7,18H,5-6,8-9H2,(H2,19,20,21). The fraction of sp³-hybridized carbons (Fsp3) is 0.312. The van der Waals surface area contributed by atoms with Crippen LogP contribution in [0.5, 0.6) is 0 Å². The van der Waals surface area contributed by atoms with Crippen LogP contribution in [0.3, 0.4) is 0 Å². The lowest BCUT2D eigenvalue weighted by Gasteiger charge is -2.50. The van der Waals surface area contributed by atoms with Crippen LogP contribution in [0.2, 0.25) is 5.28 Å². The molecule has 0 atom stereocenters. The van der Waals surface area contributed by atoms with Crippen LogP contribution < -0.4 is 10.6 Å². The summed E-state index contributed by atoms with van der Waals surface area (Å²) in [4.78, 5) is 10.4. The van der Waals surface area contributed by atoms with E-state index in [1.807, 2.05) is 0 Å². The van der Waals surface area contributed by atoms with E-state index < -0.39 is 0 Å². The number of rotatable bonds is 2. The van der Waals surface area contributed by atoms with Gasteiger partial charge in [-0.2, -0.15) is 4.98 Å². The third-order valence-electron chi connectivity index (χ3n) is 4.82. The first kappa shape index (κ1) is 13.5. The molecule has 112 valence electrons. The third-order valence-corrected chi connectivity index (χ3v) is 4.99. The highest BCUT2D eigenvalue weighted by molar-refractivity contribution is 6.28. The largest absolute Gasteiger partial charge is 0.383 e. The van der Waals surface area contributed by atoms with Crippen molar-refractivity contribution in [3.05, 3.63) is 46.2 Å². The van der Waals surface area contributed by atoms with Crippen LogP contribution in [-0.2, 0) is 11.8 Å². The zero-order valence-corrected chi connectivity index (χ0v) is 12.8. The predicted octanol–water partition coefficient (Wildman–Crippen LogP) is 2.41. The van der Waals surface area contributed by atoms with Gasteiger partial charge < -0.3 is 16.0 Å². The van der Waals surface area contributed by atoms with Gasteiger partial charge in [-0.3, -0.25) is 0 Å². The highest BCUT2D eigenvalue weighted by atomic mass is 35.5. The van der Waals surface area contributed by atoms with Crippen molar-refractivity contribution in [1.82, 2.24) is 9.97 Å². The number of halogens is 1. The van der Waals surface area contributed by atoms with Gasteiger partial charge in [-0.05, 0) is 35.6 Å². The van der Waals surface area contributed by atoms with Crippen molar-refractivity contribution in [3.63, 3.8) is 0 Å². The molecular formula is C16H16ClN5. The molecule has 2 heterocycles. The van der Waals surface area contributed by atoms with Gasteiger partial charge in [0, 0.05) is 24.7 Å². The quantitative estimate of drug-likeness (QED) is 0.659. The van der Waals surface area contributed by atoms with Gasteiger partial charge >= 0.3 is 0 Å². The van der Waals surface area contributed by atoms with E-state index in [0.717, 1.165) is 25.9 Å². The van der Waals surface area contributed by atoms with E-state index in [0.29, 0.717) is 11.4 Å². The van der Waals surface area contributed by atoms with Crippen molar-refractivity contribution in [2.45, 2.75) is 18.3 Å². The molecule has 6 heteroatoms. The number of nitrogens with zero attached hydrogens (tertiary/aromatic N) is 3. The smallest absolute Gasteiger partial charge is 0.226 e. The number of anilines is 2. The summed E-state index contributed by atoms with van der Waals surface area (Å²) >= 11 is 5.93. The Morgan fingerprint density at radius 2 is 2.05 bits per heavy atom. The van der Waals surface area contributed by atoms with Gasteiger partial charge in [-0.15, -0.1) is 0 Å². The Balaban J connectivity index is 1.67. The van der Waals surface area contributed by atoms with Crippen molar-refractivity contribution in [2.24, 2.45) is 0 Å². The van der Waals surface area contributed by atoms with Crippen LogP contribution >= 0.6 is 11.6 Å². The molecule has 0 bridgehead atoms. The van der Waals surface area contributed by atoms with Gasteiger partial charge in [0.15, 0.2) is 0 Å². The average Bonchev–Trinajstić information content (AvgIpc) is 2.84. The number of aryl methyl sites for hydroxylation is 1. The summed E-state index contributed by atoms with van der Waals surface area (Å²) in [5.74, 6) is 0.931. The van der Waals surface area contributed by atoms with Crippen LogP contribution in [-0.4, -0.2) is 29.3 Å². The van der Waals surface area contributed by atoms with Gasteiger partial charge in [-0.1, -0.05) is 24.3 Å². The fourth-order valence-electron chi connectivity index (χ4n) is 3.75. The van der Waals surface area contributed by atoms with Gasteiger partial charge in [0.2, 0.25) is 5.28 Å². The topological polar surface area (TPSA) is 78.9 Å². The number of nitrogens with two attached hydrogens (primary N) is 1. The highest BCUT2D eigenvalue weighted by Crippen LogP contribution is 2.47. The molecule has 1 fully saturated rings. The summed E-state index contributed by atoms with van der Waals surface area (Å²) in [5.41, 5.74) is 9.52. The zero-order chi connectivity index (χ0) is 15.3. The van der Waals surface area contributed by atoms with Crippen molar-refractivity contribution in [2.75, 3.05) is 23.7 Å². The van der Waals surface area contributed by atoms with Crippen molar-refractivity contribution in [3.8, 4) is 0 Å². The minimum absolute atomic E-state index is 0.130. The van der Waals surface area contributed by atoms with Crippen LogP contribution in [0.1, 0.15) is 23.1 Å². The molecule has 1 aliphatic carbocycles. The normalized spacial score (nSPS) is 18.1. The maximum Gasteiger partial charge on any atom is 0.226 e. The molecule has 1 aliphatic heterocycles. The molecule has 0 amide bonds. The van der Waals surface area contributed by atoms with E-state index in [1.54, 1.807) is 0 Å². The maximum absolute atomic E-state index is 7.55. The lowest BCUT2D eigenvalue weighted by molar-refractivity contribution is 0.327. The number of benzene rings is 1. The number of nitrogen functional groups attached to an aromatic ring is 1. The summed E-state index contributed by atoms with van der Waals surface area (Å²) < 4.78 is 0. The van der Waals surface area contributed by atoms with E-state index in [9.17, 15) is 0 Å². The van der Waals surface area contributed by atoms with Crippen LogP contribution in [0.15, 0.2) is 24.3 Å². The molecule has 1 saturated heterocycles. The fourth-order valence-corrected chi connectivity index (χ4v) is 3.92. The Hall–Kier alpha value is -2.14. The van der Waals surface area contributed by atoms with E-state index in [1.165, 1.54) is 17.3 Å². The molecule has 2 aromatic rings. The second kappa shape index (κ2) is 4.68. The Morgan fingerprint density at radius 3 is 2.82 bits per heavy atom. The minimum atomic E-state index is 0.130. The first-order valence-electron chi connectivity index (χ1n) is 7.30. The number of nitrogens with one attached hydrogen (secondary N) is 1. The van der Waals surface area contributed by atoms with Gasteiger partial charge in [0.25, 0.3) is 0 Å². The molecule has 0 unspecified atom stereocenters. The summed E-state index contributed by atoms with van der Waals surface area (Å²) in [6, 6.07) is 8.66. The Morgan fingerprint density at radius 1 is 1.27 bits per heavy atom. The lowest BCUT2D eigenvalue weighted by atomic mass is 9.74. The second-order valence-electron chi connectivity index (χ2n) is 6.05. The predicted molar refractivity (Wildman–Crippen MR) is 88.0 cm³/mol. The molecular weight excluding hydrogens is 298 g/mol. The Labute approximate surface area is 133 Å². The average molecular weight is 314 g/mol. The van der Waals surface area contributed by atoms with E-state index in [-0.39, 0.29) is 16.5 Å². The second-order valence-corrected chi connectivity index (χ2v) is 6.39. The zero-order valence-electron chi connectivity index (χ0n) is 12.0. The number of hydrogen-bond acceptors (Lipinski definition) is 5.